The third kappa shape index (κ3) is 13.3. The van der Waals surface area contributed by atoms with Gasteiger partial charge in [-0.25, -0.2) is 9.52 Å². The fourth-order valence-corrected chi connectivity index (χ4v) is 2.60. The SMILES string of the molecule is CC(C)(C)OC(=O)CC(NS(=O)(=O)NC(=O)OC(C)(C)C)C(=O)OC(C)(C)C. The van der Waals surface area contributed by atoms with Crippen LogP contribution in [0.4, 0.5) is 4.79 Å². The Morgan fingerprint density at radius 1 is 0.786 bits per heavy atom. The summed E-state index contributed by atoms with van der Waals surface area (Å²) in [4.78, 5) is 36.1. The van der Waals surface area contributed by atoms with Gasteiger partial charge in [-0.05, 0) is 62.3 Å². The molecule has 0 aromatic carbocycles. The number of hydrogen-bond acceptors (Lipinski definition) is 8. The zero-order valence-electron chi connectivity index (χ0n) is 18.0. The normalized spacial score (nSPS) is 14.0. The minimum atomic E-state index is -4.53. The van der Waals surface area contributed by atoms with Gasteiger partial charge in [0, 0.05) is 0 Å². The molecule has 0 saturated heterocycles. The third-order valence-electron chi connectivity index (χ3n) is 2.40. The van der Waals surface area contributed by atoms with Crippen LogP contribution in [-0.4, -0.2) is 49.3 Å². The summed E-state index contributed by atoms with van der Waals surface area (Å²) in [5.41, 5.74) is -2.68. The molecule has 11 heteroatoms. The van der Waals surface area contributed by atoms with E-state index < -0.39 is 57.5 Å². The molecule has 2 N–H and O–H groups in total. The molecule has 1 amide bonds. The molecule has 0 saturated carbocycles. The third-order valence-corrected chi connectivity index (χ3v) is 3.43. The van der Waals surface area contributed by atoms with Crippen molar-refractivity contribution in [3.8, 4) is 0 Å². The van der Waals surface area contributed by atoms with E-state index in [9.17, 15) is 22.8 Å². The van der Waals surface area contributed by atoms with Crippen LogP contribution in [0.1, 0.15) is 68.7 Å². The van der Waals surface area contributed by atoms with E-state index in [1.54, 1.807) is 67.0 Å². The van der Waals surface area contributed by atoms with E-state index in [0.717, 1.165) is 0 Å². The molecule has 0 radical (unpaired) electrons. The van der Waals surface area contributed by atoms with Crippen molar-refractivity contribution in [1.82, 2.24) is 9.44 Å². The molecule has 0 aromatic rings. The van der Waals surface area contributed by atoms with E-state index in [-0.39, 0.29) is 0 Å². The molecule has 0 rings (SSSR count). The Kier molecular flexibility index (Phi) is 8.47. The number of hydrogen-bond donors (Lipinski definition) is 2. The van der Waals surface area contributed by atoms with Gasteiger partial charge in [-0.1, -0.05) is 0 Å². The zero-order valence-corrected chi connectivity index (χ0v) is 18.8. The Morgan fingerprint density at radius 2 is 1.21 bits per heavy atom. The molecule has 0 aromatic heterocycles. The fourth-order valence-electron chi connectivity index (χ4n) is 1.72. The van der Waals surface area contributed by atoms with Gasteiger partial charge in [0.2, 0.25) is 0 Å². The maximum absolute atomic E-state index is 12.4. The molecule has 0 heterocycles. The molecule has 0 aliphatic rings. The zero-order chi connectivity index (χ0) is 22.6. The molecule has 28 heavy (non-hydrogen) atoms. The van der Waals surface area contributed by atoms with Crippen molar-refractivity contribution in [2.45, 2.75) is 91.6 Å². The quantitative estimate of drug-likeness (QED) is 0.486. The highest BCUT2D eigenvalue weighted by molar-refractivity contribution is 7.88. The first-order valence-electron chi connectivity index (χ1n) is 8.67. The van der Waals surface area contributed by atoms with Crippen LogP contribution in [0.15, 0.2) is 0 Å². The van der Waals surface area contributed by atoms with Crippen molar-refractivity contribution >= 4 is 28.2 Å². The second kappa shape index (κ2) is 9.08. The van der Waals surface area contributed by atoms with Gasteiger partial charge in [-0.2, -0.15) is 13.1 Å². The molecule has 10 nitrogen and oxygen atoms in total. The highest BCUT2D eigenvalue weighted by Gasteiger charge is 2.33. The summed E-state index contributed by atoms with van der Waals surface area (Å²) in [6.45, 7) is 14.3. The Morgan fingerprint density at radius 3 is 1.61 bits per heavy atom. The predicted octanol–water partition coefficient (Wildman–Crippen LogP) is 1.79. The first kappa shape index (κ1) is 26.1. The molecule has 1 unspecified atom stereocenters. The molecule has 0 bridgehead atoms. The summed E-state index contributed by atoms with van der Waals surface area (Å²) in [6, 6.07) is -1.60. The highest BCUT2D eigenvalue weighted by Crippen LogP contribution is 2.14. The smallest absolute Gasteiger partial charge is 0.422 e. The molecule has 0 fully saturated rings. The first-order valence-corrected chi connectivity index (χ1v) is 10.2. The van der Waals surface area contributed by atoms with Crippen molar-refractivity contribution in [3.63, 3.8) is 0 Å². The van der Waals surface area contributed by atoms with Gasteiger partial charge in [0.05, 0.1) is 6.42 Å². The highest BCUT2D eigenvalue weighted by atomic mass is 32.2. The topological polar surface area (TPSA) is 137 Å². The van der Waals surface area contributed by atoms with E-state index >= 15 is 0 Å². The summed E-state index contributed by atoms with van der Waals surface area (Å²) >= 11 is 0. The molecule has 0 aliphatic heterocycles. The fraction of sp³-hybridized carbons (Fsp3) is 0.824. The number of carbonyl (C=O) groups excluding carboxylic acids is 3. The maximum atomic E-state index is 12.4. The Labute approximate surface area is 166 Å². The minimum absolute atomic E-state index is 0.624. The van der Waals surface area contributed by atoms with Crippen LogP contribution in [0.25, 0.3) is 0 Å². The average molecular weight is 425 g/mol. The van der Waals surface area contributed by atoms with Crippen molar-refractivity contribution in [3.05, 3.63) is 0 Å². The Balaban J connectivity index is 5.36. The first-order chi connectivity index (χ1) is 12.2. The maximum Gasteiger partial charge on any atom is 0.422 e. The summed E-state index contributed by atoms with van der Waals surface area (Å²) in [5.74, 6) is -1.81. The lowest BCUT2D eigenvalue weighted by molar-refractivity contribution is -0.164. The van der Waals surface area contributed by atoms with Gasteiger partial charge in [0.1, 0.15) is 22.8 Å². The summed E-state index contributed by atoms with van der Waals surface area (Å²) in [5, 5.41) is 0. The van der Waals surface area contributed by atoms with Crippen LogP contribution < -0.4 is 9.44 Å². The van der Waals surface area contributed by atoms with Gasteiger partial charge in [-0.15, -0.1) is 0 Å². The number of nitrogens with one attached hydrogen (secondary N) is 2. The minimum Gasteiger partial charge on any atom is -0.460 e. The summed E-state index contributed by atoms with van der Waals surface area (Å²) < 4.78 is 43.1. The Hall–Kier alpha value is -1.88. The van der Waals surface area contributed by atoms with Crippen LogP contribution in [0.2, 0.25) is 0 Å². The van der Waals surface area contributed by atoms with E-state index in [0.29, 0.717) is 0 Å². The van der Waals surface area contributed by atoms with Crippen LogP contribution in [0.5, 0.6) is 0 Å². The lowest BCUT2D eigenvalue weighted by atomic mass is 10.1. The van der Waals surface area contributed by atoms with Gasteiger partial charge in [-0.3, -0.25) is 9.59 Å². The predicted molar refractivity (Wildman–Crippen MR) is 102 cm³/mol. The van der Waals surface area contributed by atoms with Crippen molar-refractivity contribution in [2.75, 3.05) is 0 Å². The van der Waals surface area contributed by atoms with Gasteiger partial charge >= 0.3 is 28.2 Å². The van der Waals surface area contributed by atoms with E-state index in [1.165, 1.54) is 0 Å². The number of ether oxygens (including phenoxy) is 3. The number of rotatable bonds is 6. The molecular weight excluding hydrogens is 392 g/mol. The van der Waals surface area contributed by atoms with Gasteiger partial charge < -0.3 is 14.2 Å². The molecule has 0 spiro atoms. The van der Waals surface area contributed by atoms with Gasteiger partial charge in [0.25, 0.3) is 0 Å². The summed E-state index contributed by atoms with van der Waals surface area (Å²) in [7, 11) is -4.53. The molecular formula is C17H32N2O8S. The molecule has 164 valence electrons. The number of amides is 1. The van der Waals surface area contributed by atoms with Crippen molar-refractivity contribution in [2.24, 2.45) is 0 Å². The van der Waals surface area contributed by atoms with E-state index in [1.807, 2.05) is 4.72 Å². The average Bonchev–Trinajstić information content (AvgIpc) is 2.29. The van der Waals surface area contributed by atoms with Crippen LogP contribution in [0, 0.1) is 0 Å². The standard InChI is InChI=1S/C17H32N2O8S/c1-15(2,3)25-12(20)10-11(13(21)26-16(4,5)6)18-28(23,24)19-14(22)27-17(7,8)9/h11,18H,10H2,1-9H3,(H,19,22). The van der Waals surface area contributed by atoms with Crippen LogP contribution in [-0.2, 0) is 34.0 Å². The van der Waals surface area contributed by atoms with E-state index in [4.69, 9.17) is 14.2 Å². The molecule has 1 atom stereocenters. The van der Waals surface area contributed by atoms with Crippen LogP contribution >= 0.6 is 0 Å². The van der Waals surface area contributed by atoms with Gasteiger partial charge in [0.15, 0.2) is 0 Å². The lowest BCUT2D eigenvalue weighted by Crippen LogP contribution is -2.51. The van der Waals surface area contributed by atoms with E-state index in [2.05, 4.69) is 0 Å². The number of carbonyl (C=O) groups is 3. The largest absolute Gasteiger partial charge is 0.460 e. The molecule has 0 aliphatic carbocycles. The summed E-state index contributed by atoms with van der Waals surface area (Å²) in [6.07, 6.45) is -1.86. The van der Waals surface area contributed by atoms with Crippen LogP contribution in [0.3, 0.4) is 0 Å². The second-order valence-corrected chi connectivity index (χ2v) is 10.5. The Bertz CT molecular complexity index is 681. The van der Waals surface area contributed by atoms with Crippen molar-refractivity contribution in [1.29, 1.82) is 0 Å². The van der Waals surface area contributed by atoms with Crippen molar-refractivity contribution < 1.29 is 37.0 Å². The lowest BCUT2D eigenvalue weighted by Gasteiger charge is -2.26. The monoisotopic (exact) mass is 424 g/mol. The number of esters is 2. The second-order valence-electron chi connectivity index (χ2n) is 9.10.